The zero-order valence-electron chi connectivity index (χ0n) is 8.07. The molecule has 0 fully saturated rings. The van der Waals surface area contributed by atoms with Gasteiger partial charge in [-0.3, -0.25) is 20.0 Å². The molecule has 7 nitrogen and oxygen atoms in total. The summed E-state index contributed by atoms with van der Waals surface area (Å²) in [5.41, 5.74) is 0.839. The average Bonchev–Trinajstić information content (AvgIpc) is 2.61. The van der Waals surface area contributed by atoms with E-state index in [2.05, 4.69) is 9.79 Å². The fourth-order valence-electron chi connectivity index (χ4n) is 1.34. The molecule has 0 saturated carbocycles. The molecule has 0 saturated heterocycles. The van der Waals surface area contributed by atoms with Crippen LogP contribution in [-0.2, 0) is 6.42 Å². The van der Waals surface area contributed by atoms with Gasteiger partial charge in [-0.05, 0) is 5.56 Å². The first-order chi connectivity index (χ1) is 7.68. The lowest BCUT2D eigenvalue weighted by molar-refractivity contribution is -0.825. The minimum Gasteiger partial charge on any atom is -0.266 e. The van der Waals surface area contributed by atoms with E-state index in [0.29, 0.717) is 0 Å². The Bertz CT molecular complexity index is 509. The largest absolute Gasteiger partial charge is 0.582 e. The molecule has 0 amide bonds. The molecule has 0 atom stereocenters. The Morgan fingerprint density at radius 1 is 1.38 bits per heavy atom. The molecule has 0 aliphatic rings. The molecular formula is C9H7N3O4. The third-order valence-corrected chi connectivity index (χ3v) is 2.04. The molecule has 1 aromatic heterocycles. The fraction of sp³-hybridized carbons (Fsp3) is 0.111. The van der Waals surface area contributed by atoms with Crippen molar-refractivity contribution in [1.29, 1.82) is 0 Å². The molecule has 7 heteroatoms. The maximum atomic E-state index is 10.9. The number of aromatic nitrogens is 2. The predicted molar refractivity (Wildman–Crippen MR) is 51.4 cm³/mol. The first-order valence-corrected chi connectivity index (χ1v) is 4.45. The van der Waals surface area contributed by atoms with Gasteiger partial charge in [0.1, 0.15) is 9.83 Å². The number of benzene rings is 1. The Kier molecular flexibility index (Phi) is 2.50. The molecule has 0 unspecified atom stereocenters. The molecule has 0 aliphatic carbocycles. The van der Waals surface area contributed by atoms with E-state index in [1.807, 2.05) is 6.07 Å². The minimum absolute atomic E-state index is 0.0196. The summed E-state index contributed by atoms with van der Waals surface area (Å²) in [7, 11) is 0. The Balaban J connectivity index is 2.32. The van der Waals surface area contributed by atoms with Gasteiger partial charge in [0.15, 0.2) is 0 Å². The van der Waals surface area contributed by atoms with E-state index in [9.17, 15) is 15.3 Å². The van der Waals surface area contributed by atoms with Crippen molar-refractivity contribution in [3.8, 4) is 0 Å². The van der Waals surface area contributed by atoms with Crippen LogP contribution in [0.5, 0.6) is 0 Å². The molecule has 2 rings (SSSR count). The molecule has 82 valence electrons. The number of rotatable bonds is 3. The summed E-state index contributed by atoms with van der Waals surface area (Å²) in [6.45, 7) is 0. The van der Waals surface area contributed by atoms with Crippen molar-refractivity contribution in [2.75, 3.05) is 0 Å². The minimum atomic E-state index is -0.804. The summed E-state index contributed by atoms with van der Waals surface area (Å²) in [6, 6.07) is 8.99. The third kappa shape index (κ3) is 1.83. The third-order valence-electron chi connectivity index (χ3n) is 2.04. The second-order valence-corrected chi connectivity index (χ2v) is 3.12. The fourth-order valence-corrected chi connectivity index (χ4v) is 1.34. The van der Waals surface area contributed by atoms with E-state index in [1.54, 1.807) is 24.3 Å². The van der Waals surface area contributed by atoms with Gasteiger partial charge in [-0.15, -0.1) is 5.16 Å². The van der Waals surface area contributed by atoms with Crippen LogP contribution in [0.3, 0.4) is 0 Å². The molecule has 0 radical (unpaired) electrons. The Labute approximate surface area is 89.6 Å². The second kappa shape index (κ2) is 3.97. The summed E-state index contributed by atoms with van der Waals surface area (Å²) >= 11 is 0. The molecule has 1 heterocycles. The summed E-state index contributed by atoms with van der Waals surface area (Å²) < 4.78 is 4.20. The quantitative estimate of drug-likeness (QED) is 0.434. The van der Waals surface area contributed by atoms with E-state index in [-0.39, 0.29) is 17.0 Å². The molecule has 1 aromatic carbocycles. The van der Waals surface area contributed by atoms with Crippen molar-refractivity contribution in [2.24, 2.45) is 0 Å². The van der Waals surface area contributed by atoms with Crippen LogP contribution < -0.4 is 4.90 Å². The van der Waals surface area contributed by atoms with Crippen LogP contribution in [0.4, 0.5) is 5.82 Å². The Hall–Kier alpha value is -2.44. The van der Waals surface area contributed by atoms with E-state index >= 15 is 0 Å². The highest BCUT2D eigenvalue weighted by Gasteiger charge is 2.31. The van der Waals surface area contributed by atoms with Crippen molar-refractivity contribution in [1.82, 2.24) is 5.16 Å². The van der Waals surface area contributed by atoms with Crippen molar-refractivity contribution in [3.63, 3.8) is 0 Å². The van der Waals surface area contributed by atoms with Gasteiger partial charge in [-0.2, -0.15) is 0 Å². The highest BCUT2D eigenvalue weighted by Crippen LogP contribution is 2.15. The summed E-state index contributed by atoms with van der Waals surface area (Å²) in [6.07, 6.45) is 0.190. The van der Waals surface area contributed by atoms with E-state index in [1.165, 1.54) is 0 Å². The maximum Gasteiger partial charge on any atom is 0.582 e. The van der Waals surface area contributed by atoms with Gasteiger partial charge in [0, 0.05) is 6.42 Å². The monoisotopic (exact) mass is 221 g/mol. The Morgan fingerprint density at radius 3 is 2.69 bits per heavy atom. The lowest BCUT2D eigenvalue weighted by Crippen LogP contribution is -2.26. The zero-order valence-corrected chi connectivity index (χ0v) is 8.07. The maximum absolute atomic E-state index is 10.9. The SMILES string of the molecule is O=[N+]([O-])c1c(Cc2ccccc2)no[n+]1[O-]. The van der Waals surface area contributed by atoms with Gasteiger partial charge in [-0.25, -0.2) is 0 Å². The summed E-state index contributed by atoms with van der Waals surface area (Å²) in [5.74, 6) is -0.663. The van der Waals surface area contributed by atoms with Gasteiger partial charge >= 0.3 is 5.82 Å². The molecule has 0 aliphatic heterocycles. The Morgan fingerprint density at radius 2 is 2.06 bits per heavy atom. The molecular weight excluding hydrogens is 214 g/mol. The highest BCUT2D eigenvalue weighted by atomic mass is 16.8. The normalized spacial score (nSPS) is 10.2. The van der Waals surface area contributed by atoms with Gasteiger partial charge in [-0.1, -0.05) is 30.3 Å². The molecule has 0 spiro atoms. The van der Waals surface area contributed by atoms with Crippen molar-refractivity contribution in [2.45, 2.75) is 6.42 Å². The van der Waals surface area contributed by atoms with Gasteiger partial charge in [0.25, 0.3) is 0 Å². The van der Waals surface area contributed by atoms with Gasteiger partial charge < -0.3 is 0 Å². The molecule has 2 aromatic rings. The summed E-state index contributed by atoms with van der Waals surface area (Å²) in [5, 5.41) is 24.9. The average molecular weight is 221 g/mol. The second-order valence-electron chi connectivity index (χ2n) is 3.12. The van der Waals surface area contributed by atoms with Crippen LogP contribution in [0.25, 0.3) is 0 Å². The van der Waals surface area contributed by atoms with E-state index in [4.69, 9.17) is 0 Å². The van der Waals surface area contributed by atoms with Crippen LogP contribution in [-0.4, -0.2) is 10.1 Å². The van der Waals surface area contributed by atoms with Crippen molar-refractivity contribution >= 4 is 5.82 Å². The lowest BCUT2D eigenvalue weighted by atomic mass is 10.1. The number of nitro groups is 1. The first kappa shape index (κ1) is 10.1. The molecule has 0 bridgehead atoms. The highest BCUT2D eigenvalue weighted by molar-refractivity contribution is 5.27. The van der Waals surface area contributed by atoms with Crippen LogP contribution in [0.2, 0.25) is 0 Å². The van der Waals surface area contributed by atoms with Crippen molar-refractivity contribution in [3.05, 3.63) is 56.9 Å². The lowest BCUT2D eigenvalue weighted by Gasteiger charge is -1.93. The van der Waals surface area contributed by atoms with E-state index < -0.39 is 10.7 Å². The van der Waals surface area contributed by atoms with Gasteiger partial charge in [0.05, 0.1) is 0 Å². The van der Waals surface area contributed by atoms with Gasteiger partial charge in [0.2, 0.25) is 5.69 Å². The topological polar surface area (TPSA) is 96.1 Å². The molecule has 16 heavy (non-hydrogen) atoms. The number of hydrogen-bond donors (Lipinski definition) is 0. The zero-order chi connectivity index (χ0) is 11.5. The standard InChI is InChI=1S/C9H7N3O4/c13-11(14)9-8(10-16-12(9)15)6-7-4-2-1-3-5-7/h1-5H,6H2. The van der Waals surface area contributed by atoms with E-state index in [0.717, 1.165) is 5.56 Å². The van der Waals surface area contributed by atoms with Crippen LogP contribution in [0, 0.1) is 15.3 Å². The van der Waals surface area contributed by atoms with Crippen LogP contribution >= 0.6 is 0 Å². The smallest absolute Gasteiger partial charge is 0.266 e. The first-order valence-electron chi connectivity index (χ1n) is 4.45. The van der Waals surface area contributed by atoms with Crippen LogP contribution in [0.15, 0.2) is 35.0 Å². The predicted octanol–water partition coefficient (Wildman–Crippen LogP) is 0.807. The number of hydrogen-bond acceptors (Lipinski definition) is 5. The van der Waals surface area contributed by atoms with Crippen LogP contribution in [0.1, 0.15) is 11.3 Å². The number of nitrogens with zero attached hydrogens (tertiary/aromatic N) is 3. The van der Waals surface area contributed by atoms with Crippen molar-refractivity contribution < 1.29 is 14.5 Å². The summed E-state index contributed by atoms with van der Waals surface area (Å²) in [4.78, 5) is 9.58. The molecule has 0 N–H and O–H groups in total.